The SMILES string of the molecule is O=C1c2c(O)cccc2CCN1Cc1ccc(NS(=O)(=O)C(F)(F)F)cc1. The lowest BCUT2D eigenvalue weighted by molar-refractivity contribution is -0.0429. The number of hydrogen-bond donors (Lipinski definition) is 2. The Kier molecular flexibility index (Phi) is 4.77. The molecule has 1 aliphatic heterocycles. The van der Waals surface area contributed by atoms with E-state index in [0.717, 1.165) is 5.56 Å². The zero-order valence-corrected chi connectivity index (χ0v) is 14.6. The van der Waals surface area contributed by atoms with E-state index < -0.39 is 15.5 Å². The number of nitrogens with one attached hydrogen (secondary N) is 1. The van der Waals surface area contributed by atoms with Gasteiger partial charge < -0.3 is 10.0 Å². The number of phenols is 1. The molecule has 0 aromatic heterocycles. The van der Waals surface area contributed by atoms with Gasteiger partial charge in [0.2, 0.25) is 0 Å². The van der Waals surface area contributed by atoms with Crippen LogP contribution in [0.15, 0.2) is 42.5 Å². The molecule has 6 nitrogen and oxygen atoms in total. The first-order valence-corrected chi connectivity index (χ1v) is 9.35. The van der Waals surface area contributed by atoms with Gasteiger partial charge in [0.25, 0.3) is 5.91 Å². The number of anilines is 1. The van der Waals surface area contributed by atoms with Gasteiger partial charge in [-0.05, 0) is 35.7 Å². The molecular weight excluding hydrogens is 385 g/mol. The standard InChI is InChI=1S/C17H15F3N2O4S/c18-17(19,20)27(25,26)21-13-6-4-11(5-7-13)10-22-9-8-12-2-1-3-14(23)15(12)16(22)24/h1-7,21,23H,8-10H2. The maximum atomic E-state index is 12.6. The molecule has 2 N–H and O–H groups in total. The van der Waals surface area contributed by atoms with Crippen molar-refractivity contribution in [2.75, 3.05) is 11.3 Å². The predicted molar refractivity (Wildman–Crippen MR) is 91.6 cm³/mol. The van der Waals surface area contributed by atoms with Crippen LogP contribution in [0.2, 0.25) is 0 Å². The Bertz CT molecular complexity index is 973. The van der Waals surface area contributed by atoms with Crippen LogP contribution in [0.3, 0.4) is 0 Å². The number of aromatic hydroxyl groups is 1. The van der Waals surface area contributed by atoms with Crippen LogP contribution in [-0.4, -0.2) is 36.4 Å². The van der Waals surface area contributed by atoms with Crippen molar-refractivity contribution in [1.29, 1.82) is 0 Å². The Labute approximate surface area is 153 Å². The van der Waals surface area contributed by atoms with E-state index >= 15 is 0 Å². The van der Waals surface area contributed by atoms with Crippen molar-refractivity contribution < 1.29 is 31.5 Å². The summed E-state index contributed by atoms with van der Waals surface area (Å²) in [6.45, 7) is 0.608. The maximum Gasteiger partial charge on any atom is 0.516 e. The van der Waals surface area contributed by atoms with Crippen LogP contribution in [0.4, 0.5) is 18.9 Å². The molecule has 0 aliphatic carbocycles. The highest BCUT2D eigenvalue weighted by molar-refractivity contribution is 7.93. The van der Waals surface area contributed by atoms with Crippen LogP contribution in [0.1, 0.15) is 21.5 Å². The van der Waals surface area contributed by atoms with Crippen LogP contribution in [0.5, 0.6) is 5.75 Å². The molecule has 3 rings (SSSR count). The Morgan fingerprint density at radius 1 is 1.11 bits per heavy atom. The molecule has 0 bridgehead atoms. The van der Waals surface area contributed by atoms with Crippen molar-refractivity contribution in [1.82, 2.24) is 4.90 Å². The first-order valence-electron chi connectivity index (χ1n) is 7.86. The summed E-state index contributed by atoms with van der Waals surface area (Å²) < 4.78 is 60.8. The Morgan fingerprint density at radius 2 is 1.78 bits per heavy atom. The summed E-state index contributed by atoms with van der Waals surface area (Å²) in [6.07, 6.45) is 0.568. The summed E-state index contributed by atoms with van der Waals surface area (Å²) in [4.78, 5) is 14.1. The number of carbonyl (C=O) groups is 1. The van der Waals surface area contributed by atoms with Crippen LogP contribution >= 0.6 is 0 Å². The van der Waals surface area contributed by atoms with E-state index in [1.807, 2.05) is 0 Å². The summed E-state index contributed by atoms with van der Waals surface area (Å²) in [5.41, 5.74) is -4.02. The molecule has 1 aliphatic rings. The van der Waals surface area contributed by atoms with Gasteiger partial charge in [-0.25, -0.2) is 0 Å². The van der Waals surface area contributed by atoms with E-state index in [9.17, 15) is 31.5 Å². The maximum absolute atomic E-state index is 12.6. The molecule has 144 valence electrons. The molecule has 1 heterocycles. The molecule has 0 spiro atoms. The number of fused-ring (bicyclic) bond motifs is 1. The van der Waals surface area contributed by atoms with Gasteiger partial charge in [-0.2, -0.15) is 21.6 Å². The van der Waals surface area contributed by atoms with Gasteiger partial charge in [0, 0.05) is 18.8 Å². The normalized spacial score (nSPS) is 14.8. The van der Waals surface area contributed by atoms with Crippen LogP contribution in [0.25, 0.3) is 0 Å². The number of benzene rings is 2. The zero-order valence-electron chi connectivity index (χ0n) is 13.8. The molecule has 1 amide bonds. The predicted octanol–water partition coefficient (Wildman–Crippen LogP) is 2.85. The third-order valence-corrected chi connectivity index (χ3v) is 5.28. The molecule has 0 saturated carbocycles. The van der Waals surface area contributed by atoms with E-state index in [1.165, 1.54) is 40.0 Å². The van der Waals surface area contributed by atoms with Crippen molar-refractivity contribution in [2.24, 2.45) is 0 Å². The minimum atomic E-state index is -5.48. The number of sulfonamides is 1. The van der Waals surface area contributed by atoms with Crippen molar-refractivity contribution >= 4 is 21.6 Å². The molecule has 10 heteroatoms. The van der Waals surface area contributed by atoms with E-state index in [2.05, 4.69) is 0 Å². The fraction of sp³-hybridized carbons (Fsp3) is 0.235. The van der Waals surface area contributed by atoms with Gasteiger partial charge in [-0.3, -0.25) is 9.52 Å². The summed E-state index contributed by atoms with van der Waals surface area (Å²) in [5, 5.41) is 9.92. The number of rotatable bonds is 4. The summed E-state index contributed by atoms with van der Waals surface area (Å²) in [5.74, 6) is -0.435. The quantitative estimate of drug-likeness (QED) is 0.826. The highest BCUT2D eigenvalue weighted by Gasteiger charge is 2.46. The third kappa shape index (κ3) is 3.85. The van der Waals surface area contributed by atoms with Gasteiger partial charge in [0.15, 0.2) is 0 Å². The molecule has 27 heavy (non-hydrogen) atoms. The highest BCUT2D eigenvalue weighted by atomic mass is 32.2. The first kappa shape index (κ1) is 19.0. The molecule has 0 saturated heterocycles. The van der Waals surface area contributed by atoms with E-state index in [1.54, 1.807) is 12.1 Å². The smallest absolute Gasteiger partial charge is 0.507 e. The molecule has 2 aromatic rings. The fourth-order valence-corrected chi connectivity index (χ4v) is 3.38. The van der Waals surface area contributed by atoms with E-state index in [0.29, 0.717) is 18.5 Å². The second-order valence-electron chi connectivity index (χ2n) is 6.04. The molecule has 0 unspecified atom stereocenters. The van der Waals surface area contributed by atoms with Crippen molar-refractivity contribution in [2.45, 2.75) is 18.5 Å². The first-order chi connectivity index (χ1) is 12.6. The van der Waals surface area contributed by atoms with Crippen LogP contribution < -0.4 is 4.72 Å². The average molecular weight is 400 g/mol. The average Bonchev–Trinajstić information content (AvgIpc) is 2.58. The van der Waals surface area contributed by atoms with Gasteiger partial charge in [0.1, 0.15) is 5.75 Å². The second kappa shape index (κ2) is 6.76. The number of nitrogens with zero attached hydrogens (tertiary/aromatic N) is 1. The lowest BCUT2D eigenvalue weighted by Crippen LogP contribution is -2.37. The lowest BCUT2D eigenvalue weighted by Gasteiger charge is -2.29. The van der Waals surface area contributed by atoms with Gasteiger partial charge in [-0.1, -0.05) is 24.3 Å². The van der Waals surface area contributed by atoms with Crippen molar-refractivity contribution in [3.8, 4) is 5.75 Å². The molecular formula is C17H15F3N2O4S. The minimum absolute atomic E-state index is 0.0981. The molecule has 0 fully saturated rings. The second-order valence-corrected chi connectivity index (χ2v) is 7.71. The number of carbonyl (C=O) groups excluding carboxylic acids is 1. The number of amides is 1. The Balaban J connectivity index is 1.73. The molecule has 0 atom stereocenters. The zero-order chi connectivity index (χ0) is 19.8. The van der Waals surface area contributed by atoms with Gasteiger partial charge >= 0.3 is 15.5 Å². The topological polar surface area (TPSA) is 86.7 Å². The lowest BCUT2D eigenvalue weighted by atomic mass is 9.97. The molecule has 2 aromatic carbocycles. The fourth-order valence-electron chi connectivity index (χ4n) is 2.82. The number of alkyl halides is 3. The Morgan fingerprint density at radius 3 is 2.41 bits per heavy atom. The monoisotopic (exact) mass is 400 g/mol. The summed E-state index contributed by atoms with van der Waals surface area (Å²) in [7, 11) is -5.48. The van der Waals surface area contributed by atoms with Gasteiger partial charge in [-0.15, -0.1) is 0 Å². The molecule has 0 radical (unpaired) electrons. The summed E-state index contributed by atoms with van der Waals surface area (Å²) >= 11 is 0. The number of halogens is 3. The van der Waals surface area contributed by atoms with Crippen LogP contribution in [-0.2, 0) is 23.0 Å². The third-order valence-electron chi connectivity index (χ3n) is 4.17. The van der Waals surface area contributed by atoms with Crippen molar-refractivity contribution in [3.05, 3.63) is 59.2 Å². The highest BCUT2D eigenvalue weighted by Crippen LogP contribution is 2.28. The van der Waals surface area contributed by atoms with E-state index in [-0.39, 0.29) is 29.5 Å². The Hall–Kier alpha value is -2.75. The van der Waals surface area contributed by atoms with Crippen molar-refractivity contribution in [3.63, 3.8) is 0 Å². The minimum Gasteiger partial charge on any atom is -0.507 e. The number of hydrogen-bond acceptors (Lipinski definition) is 4. The van der Waals surface area contributed by atoms with E-state index in [4.69, 9.17) is 0 Å². The largest absolute Gasteiger partial charge is 0.516 e. The number of phenolic OH excluding ortho intramolecular Hbond substituents is 1. The summed E-state index contributed by atoms with van der Waals surface area (Å²) in [6, 6.07) is 10.1. The van der Waals surface area contributed by atoms with Gasteiger partial charge in [0.05, 0.1) is 5.56 Å². The van der Waals surface area contributed by atoms with Crippen LogP contribution in [0, 0.1) is 0 Å².